The molecule has 1 atom stereocenters. The summed E-state index contributed by atoms with van der Waals surface area (Å²) in [5.41, 5.74) is 2.15. The first-order valence-corrected chi connectivity index (χ1v) is 6.31. The van der Waals surface area contributed by atoms with Gasteiger partial charge in [-0.3, -0.25) is 4.79 Å². The van der Waals surface area contributed by atoms with Crippen LogP contribution in [0.2, 0.25) is 0 Å². The van der Waals surface area contributed by atoms with Crippen molar-refractivity contribution in [3.63, 3.8) is 0 Å². The number of carbonyl (C=O) groups is 1. The summed E-state index contributed by atoms with van der Waals surface area (Å²) in [6.45, 7) is 5.25. The number of nitrogens with one attached hydrogen (secondary N) is 2. The van der Waals surface area contributed by atoms with Crippen LogP contribution in [0.1, 0.15) is 38.2 Å². The molecule has 0 aliphatic carbocycles. The standard InChI is InChI=1S/C14H20N2O.ClH/c1-10(2)11-5-3-6-12(9-11)16-14(17)13-7-4-8-15-13;/h3,5-6,9-10,13,15H,4,7-8H2,1-2H3,(H,16,17);1H/t13-;/m0./s1. The van der Waals surface area contributed by atoms with Crippen molar-refractivity contribution in [1.82, 2.24) is 5.32 Å². The third-order valence-electron chi connectivity index (χ3n) is 3.20. The highest BCUT2D eigenvalue weighted by molar-refractivity contribution is 5.95. The number of hydrogen-bond donors (Lipinski definition) is 2. The molecule has 1 aliphatic rings. The summed E-state index contributed by atoms with van der Waals surface area (Å²) in [6.07, 6.45) is 2.03. The quantitative estimate of drug-likeness (QED) is 0.885. The number of anilines is 1. The van der Waals surface area contributed by atoms with Crippen molar-refractivity contribution in [2.45, 2.75) is 38.6 Å². The van der Waals surface area contributed by atoms with E-state index in [1.807, 2.05) is 12.1 Å². The van der Waals surface area contributed by atoms with Crippen LogP contribution >= 0.6 is 12.4 Å². The molecule has 3 nitrogen and oxygen atoms in total. The van der Waals surface area contributed by atoms with Crippen molar-refractivity contribution < 1.29 is 4.79 Å². The molecule has 4 heteroatoms. The Balaban J connectivity index is 0.00000162. The van der Waals surface area contributed by atoms with Crippen LogP contribution in [-0.2, 0) is 4.79 Å². The summed E-state index contributed by atoms with van der Waals surface area (Å²) in [7, 11) is 0. The molecule has 1 aliphatic heterocycles. The number of carbonyl (C=O) groups excluding carboxylic acids is 1. The first-order chi connectivity index (χ1) is 8.16. The van der Waals surface area contributed by atoms with Crippen molar-refractivity contribution >= 4 is 24.0 Å². The Hall–Kier alpha value is -1.06. The summed E-state index contributed by atoms with van der Waals surface area (Å²) in [4.78, 5) is 11.9. The van der Waals surface area contributed by atoms with Gasteiger partial charge in [-0.05, 0) is 43.0 Å². The summed E-state index contributed by atoms with van der Waals surface area (Å²) in [5.74, 6) is 0.569. The zero-order valence-corrected chi connectivity index (χ0v) is 11.7. The second kappa shape index (κ2) is 6.76. The van der Waals surface area contributed by atoms with E-state index in [0.717, 1.165) is 25.1 Å². The number of halogens is 1. The molecule has 1 amide bonds. The molecule has 0 saturated carbocycles. The van der Waals surface area contributed by atoms with E-state index in [0.29, 0.717) is 5.92 Å². The fraction of sp³-hybridized carbons (Fsp3) is 0.500. The Morgan fingerprint density at radius 1 is 1.44 bits per heavy atom. The smallest absolute Gasteiger partial charge is 0.241 e. The van der Waals surface area contributed by atoms with Gasteiger partial charge in [0.2, 0.25) is 5.91 Å². The third kappa shape index (κ3) is 3.72. The van der Waals surface area contributed by atoms with E-state index in [2.05, 4.69) is 36.6 Å². The number of benzene rings is 1. The predicted octanol–water partition coefficient (Wildman–Crippen LogP) is 2.92. The maximum absolute atomic E-state index is 11.9. The Labute approximate surface area is 115 Å². The maximum Gasteiger partial charge on any atom is 0.241 e. The van der Waals surface area contributed by atoms with Gasteiger partial charge in [0.15, 0.2) is 0 Å². The monoisotopic (exact) mass is 268 g/mol. The lowest BCUT2D eigenvalue weighted by Crippen LogP contribution is -2.35. The fourth-order valence-electron chi connectivity index (χ4n) is 2.11. The van der Waals surface area contributed by atoms with Crippen molar-refractivity contribution in [2.24, 2.45) is 0 Å². The molecule has 1 heterocycles. The van der Waals surface area contributed by atoms with Gasteiger partial charge in [-0.25, -0.2) is 0 Å². The minimum absolute atomic E-state index is 0. The van der Waals surface area contributed by atoms with Crippen LogP contribution in [0, 0.1) is 0 Å². The van der Waals surface area contributed by atoms with Gasteiger partial charge in [0.1, 0.15) is 0 Å². The molecule has 1 saturated heterocycles. The molecule has 100 valence electrons. The Bertz CT molecular complexity index is 401. The topological polar surface area (TPSA) is 41.1 Å². The normalized spacial score (nSPS) is 18.5. The molecular formula is C14H21ClN2O. The minimum Gasteiger partial charge on any atom is -0.325 e. The first-order valence-electron chi connectivity index (χ1n) is 6.31. The molecule has 1 aromatic carbocycles. The lowest BCUT2D eigenvalue weighted by Gasteiger charge is -2.13. The fourth-order valence-corrected chi connectivity index (χ4v) is 2.11. The van der Waals surface area contributed by atoms with Crippen LogP contribution in [-0.4, -0.2) is 18.5 Å². The lowest BCUT2D eigenvalue weighted by molar-refractivity contribution is -0.117. The average molecular weight is 269 g/mol. The summed E-state index contributed by atoms with van der Waals surface area (Å²) in [5, 5.41) is 6.18. The zero-order chi connectivity index (χ0) is 12.3. The predicted molar refractivity (Wildman–Crippen MR) is 77.4 cm³/mol. The molecule has 0 unspecified atom stereocenters. The van der Waals surface area contributed by atoms with Crippen LogP contribution in [0.4, 0.5) is 5.69 Å². The van der Waals surface area contributed by atoms with Crippen molar-refractivity contribution in [3.8, 4) is 0 Å². The molecular weight excluding hydrogens is 248 g/mol. The number of rotatable bonds is 3. The van der Waals surface area contributed by atoms with Gasteiger partial charge < -0.3 is 10.6 Å². The molecule has 0 bridgehead atoms. The van der Waals surface area contributed by atoms with Gasteiger partial charge in [0, 0.05) is 5.69 Å². The Morgan fingerprint density at radius 2 is 2.22 bits per heavy atom. The molecule has 1 fully saturated rings. The maximum atomic E-state index is 11.9. The van der Waals surface area contributed by atoms with E-state index in [-0.39, 0.29) is 24.4 Å². The molecule has 1 aromatic rings. The third-order valence-corrected chi connectivity index (χ3v) is 3.20. The summed E-state index contributed by atoms with van der Waals surface area (Å²) in [6, 6.07) is 8.06. The highest BCUT2D eigenvalue weighted by atomic mass is 35.5. The molecule has 0 spiro atoms. The molecule has 2 N–H and O–H groups in total. The van der Waals surface area contributed by atoms with E-state index < -0.39 is 0 Å². The summed E-state index contributed by atoms with van der Waals surface area (Å²) >= 11 is 0. The van der Waals surface area contributed by atoms with Crippen LogP contribution in [0.15, 0.2) is 24.3 Å². The number of amides is 1. The van der Waals surface area contributed by atoms with Gasteiger partial charge >= 0.3 is 0 Å². The van der Waals surface area contributed by atoms with Crippen LogP contribution in [0.25, 0.3) is 0 Å². The van der Waals surface area contributed by atoms with Crippen molar-refractivity contribution in [3.05, 3.63) is 29.8 Å². The molecule has 0 aromatic heterocycles. The van der Waals surface area contributed by atoms with E-state index >= 15 is 0 Å². The van der Waals surface area contributed by atoms with Gasteiger partial charge in [-0.1, -0.05) is 26.0 Å². The van der Waals surface area contributed by atoms with E-state index in [1.54, 1.807) is 0 Å². The highest BCUT2D eigenvalue weighted by Crippen LogP contribution is 2.19. The van der Waals surface area contributed by atoms with Crippen LogP contribution in [0.3, 0.4) is 0 Å². The first kappa shape index (κ1) is 15.0. The van der Waals surface area contributed by atoms with Crippen molar-refractivity contribution in [2.75, 3.05) is 11.9 Å². The van der Waals surface area contributed by atoms with E-state index in [1.165, 1.54) is 5.56 Å². The van der Waals surface area contributed by atoms with Crippen LogP contribution in [0.5, 0.6) is 0 Å². The van der Waals surface area contributed by atoms with Gasteiger partial charge in [-0.2, -0.15) is 0 Å². The molecule has 2 rings (SSSR count). The van der Waals surface area contributed by atoms with Crippen LogP contribution < -0.4 is 10.6 Å². The van der Waals surface area contributed by atoms with Crippen molar-refractivity contribution in [1.29, 1.82) is 0 Å². The minimum atomic E-state index is -0.0160. The second-order valence-electron chi connectivity index (χ2n) is 4.92. The Morgan fingerprint density at radius 3 is 2.83 bits per heavy atom. The average Bonchev–Trinajstić information content (AvgIpc) is 2.82. The highest BCUT2D eigenvalue weighted by Gasteiger charge is 2.21. The number of hydrogen-bond acceptors (Lipinski definition) is 2. The second-order valence-corrected chi connectivity index (χ2v) is 4.92. The largest absolute Gasteiger partial charge is 0.325 e. The molecule has 18 heavy (non-hydrogen) atoms. The van der Waals surface area contributed by atoms with E-state index in [4.69, 9.17) is 0 Å². The zero-order valence-electron chi connectivity index (χ0n) is 10.9. The molecule has 0 radical (unpaired) electrons. The van der Waals surface area contributed by atoms with Gasteiger partial charge in [-0.15, -0.1) is 12.4 Å². The van der Waals surface area contributed by atoms with Gasteiger partial charge in [0.25, 0.3) is 0 Å². The lowest BCUT2D eigenvalue weighted by atomic mass is 10.0. The Kier molecular flexibility index (Phi) is 5.63. The van der Waals surface area contributed by atoms with E-state index in [9.17, 15) is 4.79 Å². The van der Waals surface area contributed by atoms with Gasteiger partial charge in [0.05, 0.1) is 6.04 Å². The SMILES string of the molecule is CC(C)c1cccc(NC(=O)[C@@H]2CCCN2)c1.Cl. The summed E-state index contributed by atoms with van der Waals surface area (Å²) < 4.78 is 0.